The molecule has 0 radical (unpaired) electrons. The van der Waals surface area contributed by atoms with E-state index in [-0.39, 0.29) is 29.9 Å². The molecule has 2 aromatic rings. The Labute approximate surface area is 144 Å². The minimum atomic E-state index is -0.569. The first-order chi connectivity index (χ1) is 12.0. The molecule has 0 aliphatic carbocycles. The van der Waals surface area contributed by atoms with Crippen molar-refractivity contribution >= 4 is 11.8 Å². The Morgan fingerprint density at radius 2 is 2.04 bits per heavy atom. The standard InChI is InChI=1S/C17H19FN4O3/c18-12-3-1-2-4-15(12)25-10-16(23)22-7-5-11(6-8-22)13-9-14(17(19)24)21-20-13/h1-4,9,11H,5-8,10H2,(H2,19,24)(H,20,21). The number of carbonyl (C=O) groups excluding carboxylic acids is 2. The second-order valence-electron chi connectivity index (χ2n) is 5.95. The fourth-order valence-electron chi connectivity index (χ4n) is 2.90. The number of amides is 2. The molecule has 132 valence electrons. The van der Waals surface area contributed by atoms with E-state index in [1.54, 1.807) is 23.1 Å². The van der Waals surface area contributed by atoms with Gasteiger partial charge in [0.25, 0.3) is 11.8 Å². The van der Waals surface area contributed by atoms with Crippen molar-refractivity contribution < 1.29 is 18.7 Å². The summed E-state index contributed by atoms with van der Waals surface area (Å²) in [6.07, 6.45) is 1.48. The molecule has 3 rings (SSSR count). The molecule has 2 heterocycles. The topological polar surface area (TPSA) is 101 Å². The first kappa shape index (κ1) is 16.9. The van der Waals surface area contributed by atoms with Crippen molar-refractivity contribution in [3.63, 3.8) is 0 Å². The van der Waals surface area contributed by atoms with Crippen LogP contribution in [0.5, 0.6) is 5.75 Å². The van der Waals surface area contributed by atoms with Gasteiger partial charge in [0.05, 0.1) is 0 Å². The lowest BCUT2D eigenvalue weighted by Gasteiger charge is -2.31. The summed E-state index contributed by atoms with van der Waals surface area (Å²) in [5.41, 5.74) is 6.26. The van der Waals surface area contributed by atoms with Crippen molar-refractivity contribution in [3.05, 3.63) is 47.5 Å². The summed E-state index contributed by atoms with van der Waals surface area (Å²) in [7, 11) is 0. The lowest BCUT2D eigenvalue weighted by atomic mass is 9.93. The fraction of sp³-hybridized carbons (Fsp3) is 0.353. The molecule has 7 nitrogen and oxygen atoms in total. The van der Waals surface area contributed by atoms with Crippen LogP contribution in [0.3, 0.4) is 0 Å². The number of hydrogen-bond acceptors (Lipinski definition) is 4. The van der Waals surface area contributed by atoms with Crippen molar-refractivity contribution in [2.24, 2.45) is 5.73 Å². The zero-order valence-corrected chi connectivity index (χ0v) is 13.6. The lowest BCUT2D eigenvalue weighted by molar-refractivity contribution is -0.134. The van der Waals surface area contributed by atoms with Crippen LogP contribution >= 0.6 is 0 Å². The smallest absolute Gasteiger partial charge is 0.269 e. The maximum Gasteiger partial charge on any atom is 0.269 e. The van der Waals surface area contributed by atoms with Gasteiger partial charge in [0.2, 0.25) is 0 Å². The van der Waals surface area contributed by atoms with Gasteiger partial charge in [-0.15, -0.1) is 0 Å². The maximum atomic E-state index is 13.5. The van der Waals surface area contributed by atoms with E-state index >= 15 is 0 Å². The van der Waals surface area contributed by atoms with Gasteiger partial charge in [0, 0.05) is 24.7 Å². The van der Waals surface area contributed by atoms with E-state index in [4.69, 9.17) is 10.5 Å². The molecule has 0 unspecified atom stereocenters. The van der Waals surface area contributed by atoms with Crippen LogP contribution in [0, 0.1) is 5.82 Å². The van der Waals surface area contributed by atoms with E-state index in [2.05, 4.69) is 10.2 Å². The first-order valence-corrected chi connectivity index (χ1v) is 8.05. The number of halogens is 1. The molecule has 25 heavy (non-hydrogen) atoms. The van der Waals surface area contributed by atoms with Gasteiger partial charge in [-0.25, -0.2) is 4.39 Å². The SMILES string of the molecule is NC(=O)c1cc(C2CCN(C(=O)COc3ccccc3F)CC2)[nH]n1. The van der Waals surface area contributed by atoms with Crippen LogP contribution in [0.25, 0.3) is 0 Å². The number of aromatic nitrogens is 2. The van der Waals surface area contributed by atoms with Gasteiger partial charge in [-0.1, -0.05) is 12.1 Å². The van der Waals surface area contributed by atoms with Crippen LogP contribution in [0.15, 0.2) is 30.3 Å². The van der Waals surface area contributed by atoms with E-state index < -0.39 is 11.7 Å². The third kappa shape index (κ3) is 3.96. The Kier molecular flexibility index (Phi) is 4.97. The average Bonchev–Trinajstić information content (AvgIpc) is 3.11. The van der Waals surface area contributed by atoms with Crippen molar-refractivity contribution in [2.45, 2.75) is 18.8 Å². The highest BCUT2D eigenvalue weighted by molar-refractivity contribution is 5.90. The number of ether oxygens (including phenoxy) is 1. The van der Waals surface area contributed by atoms with E-state index in [0.717, 1.165) is 18.5 Å². The van der Waals surface area contributed by atoms with Gasteiger partial charge in [0.15, 0.2) is 18.2 Å². The monoisotopic (exact) mass is 346 g/mol. The summed E-state index contributed by atoms with van der Waals surface area (Å²) >= 11 is 0. The summed E-state index contributed by atoms with van der Waals surface area (Å²) in [6, 6.07) is 7.65. The van der Waals surface area contributed by atoms with Gasteiger partial charge in [0.1, 0.15) is 5.69 Å². The summed E-state index contributed by atoms with van der Waals surface area (Å²) < 4.78 is 18.7. The largest absolute Gasteiger partial charge is 0.481 e. The minimum absolute atomic E-state index is 0.0715. The summed E-state index contributed by atoms with van der Waals surface area (Å²) in [5.74, 6) is -0.970. The Bertz CT molecular complexity index is 769. The number of benzene rings is 1. The molecule has 1 aromatic carbocycles. The second-order valence-corrected chi connectivity index (χ2v) is 5.95. The Hall–Kier alpha value is -2.90. The quantitative estimate of drug-likeness (QED) is 0.855. The normalized spacial score (nSPS) is 15.2. The Balaban J connectivity index is 1.50. The van der Waals surface area contributed by atoms with Gasteiger partial charge in [-0.3, -0.25) is 14.7 Å². The fourth-order valence-corrected chi connectivity index (χ4v) is 2.90. The van der Waals surface area contributed by atoms with Crippen molar-refractivity contribution in [3.8, 4) is 5.75 Å². The van der Waals surface area contributed by atoms with Crippen LogP contribution in [0.4, 0.5) is 4.39 Å². The third-order valence-electron chi connectivity index (χ3n) is 4.33. The number of rotatable bonds is 5. The van der Waals surface area contributed by atoms with Gasteiger partial charge >= 0.3 is 0 Å². The number of para-hydroxylation sites is 1. The molecule has 1 aliphatic rings. The first-order valence-electron chi connectivity index (χ1n) is 8.05. The molecule has 0 bridgehead atoms. The van der Waals surface area contributed by atoms with E-state index in [9.17, 15) is 14.0 Å². The number of H-pyrrole nitrogens is 1. The zero-order valence-electron chi connectivity index (χ0n) is 13.6. The number of nitrogens with zero attached hydrogens (tertiary/aromatic N) is 2. The number of hydrogen-bond donors (Lipinski definition) is 2. The Morgan fingerprint density at radius 3 is 2.68 bits per heavy atom. The van der Waals surface area contributed by atoms with Crippen LogP contribution in [-0.4, -0.2) is 46.6 Å². The summed E-state index contributed by atoms with van der Waals surface area (Å²) in [5, 5.41) is 6.71. The van der Waals surface area contributed by atoms with Crippen LogP contribution in [0.2, 0.25) is 0 Å². The predicted molar refractivity (Wildman–Crippen MR) is 87.6 cm³/mol. The average molecular weight is 346 g/mol. The second kappa shape index (κ2) is 7.33. The number of primary amides is 1. The number of carbonyl (C=O) groups is 2. The lowest BCUT2D eigenvalue weighted by Crippen LogP contribution is -2.40. The van der Waals surface area contributed by atoms with Gasteiger partial charge < -0.3 is 15.4 Å². The Morgan fingerprint density at radius 1 is 1.32 bits per heavy atom. The van der Waals surface area contributed by atoms with Gasteiger partial charge in [-0.05, 0) is 31.0 Å². The van der Waals surface area contributed by atoms with Crippen LogP contribution < -0.4 is 10.5 Å². The van der Waals surface area contributed by atoms with E-state index in [0.29, 0.717) is 13.1 Å². The molecular weight excluding hydrogens is 327 g/mol. The molecule has 3 N–H and O–H groups in total. The van der Waals surface area contributed by atoms with Crippen molar-refractivity contribution in [1.82, 2.24) is 15.1 Å². The van der Waals surface area contributed by atoms with Crippen LogP contribution in [-0.2, 0) is 4.79 Å². The highest BCUT2D eigenvalue weighted by Crippen LogP contribution is 2.27. The molecule has 1 aliphatic heterocycles. The highest BCUT2D eigenvalue weighted by atomic mass is 19.1. The summed E-state index contributed by atoms with van der Waals surface area (Å²) in [6.45, 7) is 0.936. The van der Waals surface area contributed by atoms with E-state index in [1.807, 2.05) is 0 Å². The number of piperidine rings is 1. The zero-order chi connectivity index (χ0) is 17.8. The number of likely N-dealkylation sites (tertiary alicyclic amines) is 1. The summed E-state index contributed by atoms with van der Waals surface area (Å²) in [4.78, 5) is 25.0. The molecule has 2 amide bonds. The number of aromatic amines is 1. The molecule has 0 spiro atoms. The molecule has 1 fully saturated rings. The predicted octanol–water partition coefficient (Wildman–Crippen LogP) is 1.43. The molecular formula is C17H19FN4O3. The van der Waals surface area contributed by atoms with Crippen molar-refractivity contribution in [2.75, 3.05) is 19.7 Å². The number of nitrogens with two attached hydrogens (primary N) is 1. The molecule has 1 saturated heterocycles. The highest BCUT2D eigenvalue weighted by Gasteiger charge is 2.25. The van der Waals surface area contributed by atoms with Gasteiger partial charge in [-0.2, -0.15) is 5.10 Å². The number of nitrogens with one attached hydrogen (secondary N) is 1. The molecule has 0 atom stereocenters. The molecule has 0 saturated carbocycles. The van der Waals surface area contributed by atoms with Crippen LogP contribution in [0.1, 0.15) is 34.9 Å². The third-order valence-corrected chi connectivity index (χ3v) is 4.33. The van der Waals surface area contributed by atoms with Crippen molar-refractivity contribution in [1.29, 1.82) is 0 Å². The molecule has 8 heteroatoms. The van der Waals surface area contributed by atoms with E-state index in [1.165, 1.54) is 12.1 Å². The minimum Gasteiger partial charge on any atom is -0.481 e. The molecule has 1 aromatic heterocycles. The maximum absolute atomic E-state index is 13.5.